The van der Waals surface area contributed by atoms with Gasteiger partial charge in [-0.1, -0.05) is 53.7 Å². The molecule has 3 nitrogen and oxygen atoms in total. The van der Waals surface area contributed by atoms with E-state index >= 15 is 0 Å². The average molecular weight is 316 g/mol. The van der Waals surface area contributed by atoms with E-state index in [1.807, 2.05) is 39.8 Å². The molecule has 0 aromatic heterocycles. The predicted molar refractivity (Wildman–Crippen MR) is 86.0 cm³/mol. The molecule has 5 heteroatoms. The lowest BCUT2D eigenvalue weighted by molar-refractivity contribution is 0.516. The maximum absolute atomic E-state index is 12.2. The van der Waals surface area contributed by atoms with Gasteiger partial charge in [-0.25, -0.2) is 0 Å². The summed E-state index contributed by atoms with van der Waals surface area (Å²) in [5.41, 5.74) is 2.75. The smallest absolute Gasteiger partial charge is 0.197 e. The van der Waals surface area contributed by atoms with E-state index < -0.39 is 10.1 Å². The van der Waals surface area contributed by atoms with E-state index in [1.165, 1.54) is 0 Å². The zero-order chi connectivity index (χ0) is 15.7. The lowest BCUT2D eigenvalue weighted by Gasteiger charge is -2.21. The molecule has 0 heterocycles. The highest BCUT2D eigenvalue weighted by Crippen LogP contribution is 2.36. The van der Waals surface area contributed by atoms with Gasteiger partial charge in [-0.05, 0) is 47.4 Å². The van der Waals surface area contributed by atoms with Crippen molar-refractivity contribution in [3.8, 4) is 0 Å². The van der Waals surface area contributed by atoms with Crippen LogP contribution in [0.2, 0.25) is 0 Å². The SMILES string of the molecule is CC(C)c1cc(C(C)C)c(S(=O)(=O)OS)c(C(C)C)c1. The van der Waals surface area contributed by atoms with E-state index in [9.17, 15) is 8.42 Å². The fourth-order valence-electron chi connectivity index (χ4n) is 2.22. The molecular formula is C15H24O3S2. The fraction of sp³-hybridized carbons (Fsp3) is 0.600. The highest BCUT2D eigenvalue weighted by Gasteiger charge is 2.27. The monoisotopic (exact) mass is 316 g/mol. The summed E-state index contributed by atoms with van der Waals surface area (Å²) in [5, 5.41) is 0. The largest absolute Gasteiger partial charge is 0.308 e. The molecule has 0 aliphatic rings. The van der Waals surface area contributed by atoms with Crippen LogP contribution in [0, 0.1) is 0 Å². The maximum Gasteiger partial charge on any atom is 0.308 e. The van der Waals surface area contributed by atoms with E-state index in [-0.39, 0.29) is 16.7 Å². The minimum absolute atomic E-state index is 0.0967. The van der Waals surface area contributed by atoms with E-state index in [0.29, 0.717) is 5.92 Å². The van der Waals surface area contributed by atoms with E-state index in [0.717, 1.165) is 16.7 Å². The molecule has 1 aromatic carbocycles. The summed E-state index contributed by atoms with van der Waals surface area (Å²) < 4.78 is 28.9. The summed E-state index contributed by atoms with van der Waals surface area (Å²) >= 11 is 3.52. The van der Waals surface area contributed by atoms with Gasteiger partial charge >= 0.3 is 10.1 Å². The molecule has 0 aliphatic heterocycles. The van der Waals surface area contributed by atoms with Gasteiger partial charge in [0.25, 0.3) is 0 Å². The Morgan fingerprint density at radius 1 is 0.900 bits per heavy atom. The van der Waals surface area contributed by atoms with Crippen molar-refractivity contribution in [3.05, 3.63) is 28.8 Å². The zero-order valence-corrected chi connectivity index (χ0v) is 14.7. The van der Waals surface area contributed by atoms with Crippen LogP contribution >= 0.6 is 12.9 Å². The van der Waals surface area contributed by atoms with Crippen LogP contribution < -0.4 is 0 Å². The van der Waals surface area contributed by atoms with Gasteiger partial charge in [-0.15, -0.1) is 0 Å². The molecule has 0 radical (unpaired) electrons. The molecule has 114 valence electrons. The fourth-order valence-corrected chi connectivity index (χ4v) is 3.68. The number of thiol groups is 1. The number of rotatable bonds is 5. The van der Waals surface area contributed by atoms with E-state index in [1.54, 1.807) is 0 Å². The van der Waals surface area contributed by atoms with Crippen LogP contribution in [0.15, 0.2) is 17.0 Å². The molecule has 0 saturated heterocycles. The molecule has 0 aliphatic carbocycles. The summed E-state index contributed by atoms with van der Waals surface area (Å²) in [6.45, 7) is 12.2. The van der Waals surface area contributed by atoms with Crippen LogP contribution in [-0.4, -0.2) is 8.42 Å². The number of hydrogen-bond donors (Lipinski definition) is 1. The van der Waals surface area contributed by atoms with Crippen LogP contribution in [0.1, 0.15) is 76.0 Å². The average Bonchev–Trinajstić information content (AvgIpc) is 2.36. The molecule has 0 fully saturated rings. The van der Waals surface area contributed by atoms with Crippen molar-refractivity contribution in [1.29, 1.82) is 0 Å². The standard InChI is InChI=1S/C15H24O3S2/c1-9(2)12-7-13(10(3)4)15(20(16,17)18-19)14(8-12)11(5)6/h7-11,19H,1-6H3. The molecule has 0 bridgehead atoms. The normalized spacial score (nSPS) is 12.7. The molecule has 1 aromatic rings. The van der Waals surface area contributed by atoms with Crippen molar-refractivity contribution in [1.82, 2.24) is 0 Å². The molecule has 0 saturated carbocycles. The number of benzene rings is 1. The molecule has 0 amide bonds. The van der Waals surface area contributed by atoms with Crippen LogP contribution in [-0.2, 0) is 13.7 Å². The summed E-state index contributed by atoms with van der Waals surface area (Å²) in [7, 11) is -3.83. The maximum atomic E-state index is 12.2. The van der Waals surface area contributed by atoms with Gasteiger partial charge in [0.1, 0.15) is 4.90 Å². The Labute approximate surface area is 128 Å². The first-order valence-corrected chi connectivity index (χ1v) is 8.64. The quantitative estimate of drug-likeness (QED) is 0.637. The van der Waals surface area contributed by atoms with Crippen molar-refractivity contribution in [3.63, 3.8) is 0 Å². The van der Waals surface area contributed by atoms with Crippen molar-refractivity contribution in [2.45, 2.75) is 64.2 Å². The third-order valence-corrected chi connectivity index (χ3v) is 5.18. The highest BCUT2D eigenvalue weighted by molar-refractivity contribution is 7.95. The molecule has 0 spiro atoms. The summed E-state index contributed by atoms with van der Waals surface area (Å²) in [6.07, 6.45) is 0. The van der Waals surface area contributed by atoms with Crippen LogP contribution in [0.4, 0.5) is 0 Å². The first-order chi connectivity index (χ1) is 9.11. The number of hydrogen-bond acceptors (Lipinski definition) is 4. The summed E-state index contributed by atoms with van der Waals surface area (Å²) in [5.74, 6) is 0.539. The van der Waals surface area contributed by atoms with Crippen LogP contribution in [0.5, 0.6) is 0 Å². The second kappa shape index (κ2) is 6.50. The first kappa shape index (κ1) is 17.5. The summed E-state index contributed by atoms with van der Waals surface area (Å²) in [6, 6.07) is 3.95. The Bertz CT molecular complexity index is 544. The zero-order valence-electron chi connectivity index (χ0n) is 13.0. The Kier molecular flexibility index (Phi) is 5.70. The van der Waals surface area contributed by atoms with Crippen molar-refractivity contribution in [2.24, 2.45) is 0 Å². The highest BCUT2D eigenvalue weighted by atomic mass is 32.3. The molecule has 0 N–H and O–H groups in total. The molecule has 20 heavy (non-hydrogen) atoms. The molecule has 0 atom stereocenters. The molecule has 1 rings (SSSR count). The lowest BCUT2D eigenvalue weighted by Crippen LogP contribution is -2.12. The van der Waals surface area contributed by atoms with Gasteiger partial charge in [0.05, 0.1) is 0 Å². The minimum atomic E-state index is -3.83. The minimum Gasteiger partial charge on any atom is -0.197 e. The van der Waals surface area contributed by atoms with Crippen LogP contribution in [0.25, 0.3) is 0 Å². The van der Waals surface area contributed by atoms with Crippen molar-refractivity contribution < 1.29 is 12.0 Å². The summed E-state index contributed by atoms with van der Waals surface area (Å²) in [4.78, 5) is 0.280. The second-order valence-electron chi connectivity index (χ2n) is 6.02. The lowest BCUT2D eigenvalue weighted by atomic mass is 9.89. The van der Waals surface area contributed by atoms with Gasteiger partial charge in [0.2, 0.25) is 0 Å². The second-order valence-corrected chi connectivity index (χ2v) is 7.93. The third kappa shape index (κ3) is 3.57. The van der Waals surface area contributed by atoms with Gasteiger partial charge in [0.15, 0.2) is 0 Å². The molecular weight excluding hydrogens is 292 g/mol. The van der Waals surface area contributed by atoms with Crippen molar-refractivity contribution in [2.75, 3.05) is 0 Å². The first-order valence-electron chi connectivity index (χ1n) is 6.87. The third-order valence-electron chi connectivity index (χ3n) is 3.43. The topological polar surface area (TPSA) is 43.4 Å². The Morgan fingerprint density at radius 3 is 1.55 bits per heavy atom. The van der Waals surface area contributed by atoms with Crippen LogP contribution in [0.3, 0.4) is 0 Å². The molecule has 0 unspecified atom stereocenters. The van der Waals surface area contributed by atoms with Gasteiger partial charge < -0.3 is 0 Å². The Balaban J connectivity index is 3.78. The van der Waals surface area contributed by atoms with E-state index in [2.05, 4.69) is 30.4 Å². The van der Waals surface area contributed by atoms with Gasteiger partial charge in [-0.3, -0.25) is 0 Å². The van der Waals surface area contributed by atoms with Gasteiger partial charge in [-0.2, -0.15) is 12.0 Å². The van der Waals surface area contributed by atoms with Crippen molar-refractivity contribution >= 4 is 23.0 Å². The van der Waals surface area contributed by atoms with Gasteiger partial charge in [0, 0.05) is 0 Å². The predicted octanol–water partition coefficient (Wildman–Crippen LogP) is 4.61. The Morgan fingerprint density at radius 2 is 1.30 bits per heavy atom. The van der Waals surface area contributed by atoms with E-state index in [4.69, 9.17) is 0 Å². The Hall–Kier alpha value is -0.520.